The fourth-order valence-electron chi connectivity index (χ4n) is 1.04. The van der Waals surface area contributed by atoms with Gasteiger partial charge in [-0.25, -0.2) is 4.99 Å². The molecule has 0 aliphatic carbocycles. The van der Waals surface area contributed by atoms with E-state index in [0.717, 1.165) is 5.69 Å². The van der Waals surface area contributed by atoms with E-state index in [2.05, 4.69) is 36.0 Å². The number of rotatable bonds is 1. The zero-order chi connectivity index (χ0) is 12.6. The summed E-state index contributed by atoms with van der Waals surface area (Å²) in [5.41, 5.74) is 6.89. The second kappa shape index (κ2) is 3.92. The summed E-state index contributed by atoms with van der Waals surface area (Å²) in [6.07, 6.45) is 0. The Bertz CT molecular complexity index is 388. The molecule has 0 atom stereocenters. The third kappa shape index (κ3) is 3.08. The first-order valence-electron chi connectivity index (χ1n) is 5.51. The molecule has 0 fully saturated rings. The highest BCUT2D eigenvalue weighted by Gasteiger charge is 2.18. The summed E-state index contributed by atoms with van der Waals surface area (Å²) in [7, 11) is 0. The number of aromatic nitrogens is 2. The van der Waals surface area contributed by atoms with E-state index in [9.17, 15) is 0 Å². The highest BCUT2D eigenvalue weighted by Crippen LogP contribution is 2.24. The second-order valence-corrected chi connectivity index (χ2v) is 6.14. The maximum atomic E-state index is 5.90. The molecule has 0 aliphatic rings. The molecule has 16 heavy (non-hydrogen) atoms. The Labute approximate surface area is 97.3 Å². The van der Waals surface area contributed by atoms with Crippen molar-refractivity contribution in [2.45, 2.75) is 47.0 Å². The van der Waals surface area contributed by atoms with Gasteiger partial charge in [-0.05, 0) is 0 Å². The fourth-order valence-corrected chi connectivity index (χ4v) is 1.04. The van der Waals surface area contributed by atoms with Crippen molar-refractivity contribution in [2.24, 2.45) is 16.1 Å². The molecule has 0 saturated carbocycles. The molecule has 4 nitrogen and oxygen atoms in total. The quantitative estimate of drug-likeness (QED) is 0.566. The van der Waals surface area contributed by atoms with Crippen molar-refractivity contribution >= 4 is 11.7 Å². The molecule has 1 aromatic rings. The van der Waals surface area contributed by atoms with Crippen LogP contribution in [0.4, 0.5) is 5.82 Å². The Morgan fingerprint density at radius 2 is 1.81 bits per heavy atom. The molecule has 0 saturated heterocycles. The van der Waals surface area contributed by atoms with E-state index in [-0.39, 0.29) is 10.8 Å². The van der Waals surface area contributed by atoms with Crippen LogP contribution in [-0.2, 0) is 5.41 Å². The van der Waals surface area contributed by atoms with Gasteiger partial charge in [0.05, 0.1) is 0 Å². The molecular weight excluding hydrogens is 200 g/mol. The minimum absolute atomic E-state index is 0.0528. The standard InChI is InChI=1S/C12H22N4/c1-11(2,3)8-7-9(16-15-8)14-10(13)12(4,5)6/h7H,1-6H3,(H3,13,14,15,16). The number of aromatic amines is 1. The van der Waals surface area contributed by atoms with E-state index in [1.165, 1.54) is 0 Å². The Morgan fingerprint density at radius 3 is 2.19 bits per heavy atom. The van der Waals surface area contributed by atoms with Gasteiger partial charge in [0.1, 0.15) is 5.84 Å². The molecule has 0 aliphatic heterocycles. The predicted octanol–water partition coefficient (Wildman–Crippen LogP) is 2.74. The highest BCUT2D eigenvalue weighted by molar-refractivity contribution is 5.87. The van der Waals surface area contributed by atoms with Crippen LogP contribution in [0, 0.1) is 5.41 Å². The molecule has 4 heteroatoms. The zero-order valence-electron chi connectivity index (χ0n) is 11.0. The third-order valence-electron chi connectivity index (χ3n) is 2.38. The Morgan fingerprint density at radius 1 is 1.25 bits per heavy atom. The van der Waals surface area contributed by atoms with E-state index >= 15 is 0 Å². The lowest BCUT2D eigenvalue weighted by molar-refractivity contribution is 0.567. The molecule has 0 unspecified atom stereocenters. The first-order chi connectivity index (χ1) is 7.10. The lowest BCUT2D eigenvalue weighted by Crippen LogP contribution is -2.28. The first-order valence-corrected chi connectivity index (χ1v) is 5.51. The lowest BCUT2D eigenvalue weighted by atomic mass is 9.92. The number of hydrogen-bond acceptors (Lipinski definition) is 2. The summed E-state index contributed by atoms with van der Waals surface area (Å²) >= 11 is 0. The average molecular weight is 222 g/mol. The van der Waals surface area contributed by atoms with E-state index in [1.54, 1.807) is 0 Å². The number of amidine groups is 1. The fraction of sp³-hybridized carbons (Fsp3) is 0.667. The first kappa shape index (κ1) is 12.7. The van der Waals surface area contributed by atoms with Crippen LogP contribution in [0.5, 0.6) is 0 Å². The smallest absolute Gasteiger partial charge is 0.175 e. The SMILES string of the molecule is CC(C)(C)C(N)=Nc1cc(C(C)(C)C)[nH]n1. The van der Waals surface area contributed by atoms with Crippen molar-refractivity contribution < 1.29 is 0 Å². The van der Waals surface area contributed by atoms with Gasteiger partial charge in [-0.15, -0.1) is 0 Å². The lowest BCUT2D eigenvalue weighted by Gasteiger charge is -2.16. The number of nitrogens with one attached hydrogen (secondary N) is 1. The normalized spacial score (nSPS) is 14.2. The molecule has 1 heterocycles. The van der Waals surface area contributed by atoms with E-state index in [4.69, 9.17) is 5.73 Å². The maximum Gasteiger partial charge on any atom is 0.175 e. The highest BCUT2D eigenvalue weighted by atomic mass is 15.2. The van der Waals surface area contributed by atoms with Gasteiger partial charge in [-0.1, -0.05) is 41.5 Å². The van der Waals surface area contributed by atoms with Gasteiger partial charge in [-0.3, -0.25) is 5.10 Å². The summed E-state index contributed by atoms with van der Waals surface area (Å²) in [4.78, 5) is 4.32. The summed E-state index contributed by atoms with van der Waals surface area (Å²) in [6.45, 7) is 12.5. The van der Waals surface area contributed by atoms with Crippen LogP contribution >= 0.6 is 0 Å². The maximum absolute atomic E-state index is 5.90. The van der Waals surface area contributed by atoms with Gasteiger partial charge >= 0.3 is 0 Å². The molecule has 0 bridgehead atoms. The largest absolute Gasteiger partial charge is 0.387 e. The van der Waals surface area contributed by atoms with Gasteiger partial charge in [0.15, 0.2) is 5.82 Å². The van der Waals surface area contributed by atoms with Crippen molar-refractivity contribution in [3.63, 3.8) is 0 Å². The summed E-state index contributed by atoms with van der Waals surface area (Å²) in [5.74, 6) is 1.25. The van der Waals surface area contributed by atoms with Gasteiger partial charge in [-0.2, -0.15) is 5.10 Å². The van der Waals surface area contributed by atoms with Crippen molar-refractivity contribution in [1.29, 1.82) is 0 Å². The number of hydrogen-bond donors (Lipinski definition) is 2. The number of aliphatic imine (C=N–C) groups is 1. The Kier molecular flexibility index (Phi) is 3.13. The molecule has 1 aromatic heterocycles. The topological polar surface area (TPSA) is 67.1 Å². The molecule has 0 aromatic carbocycles. The van der Waals surface area contributed by atoms with E-state index in [0.29, 0.717) is 11.7 Å². The predicted molar refractivity (Wildman–Crippen MR) is 68.0 cm³/mol. The number of nitrogens with zero attached hydrogens (tertiary/aromatic N) is 2. The minimum atomic E-state index is -0.124. The molecule has 0 spiro atoms. The molecular formula is C12H22N4. The van der Waals surface area contributed by atoms with Crippen molar-refractivity contribution in [2.75, 3.05) is 0 Å². The van der Waals surface area contributed by atoms with Crippen LogP contribution in [0.25, 0.3) is 0 Å². The second-order valence-electron chi connectivity index (χ2n) is 6.14. The van der Waals surface area contributed by atoms with Gasteiger partial charge in [0.2, 0.25) is 0 Å². The van der Waals surface area contributed by atoms with Crippen LogP contribution < -0.4 is 5.73 Å². The van der Waals surface area contributed by atoms with Crippen LogP contribution in [-0.4, -0.2) is 16.0 Å². The Balaban J connectivity index is 2.97. The molecule has 0 amide bonds. The summed E-state index contributed by atoms with van der Waals surface area (Å²) < 4.78 is 0. The van der Waals surface area contributed by atoms with Crippen molar-refractivity contribution in [3.8, 4) is 0 Å². The third-order valence-corrected chi connectivity index (χ3v) is 2.38. The molecule has 0 radical (unpaired) electrons. The number of H-pyrrole nitrogens is 1. The summed E-state index contributed by atoms with van der Waals surface area (Å²) in [5, 5.41) is 7.13. The van der Waals surface area contributed by atoms with Crippen LogP contribution in [0.15, 0.2) is 11.1 Å². The minimum Gasteiger partial charge on any atom is -0.387 e. The van der Waals surface area contributed by atoms with Crippen LogP contribution in [0.1, 0.15) is 47.2 Å². The zero-order valence-corrected chi connectivity index (χ0v) is 11.0. The van der Waals surface area contributed by atoms with Crippen molar-refractivity contribution in [1.82, 2.24) is 10.2 Å². The Hall–Kier alpha value is -1.32. The van der Waals surface area contributed by atoms with Gasteiger partial charge in [0.25, 0.3) is 0 Å². The van der Waals surface area contributed by atoms with E-state index in [1.807, 2.05) is 26.8 Å². The monoisotopic (exact) mass is 222 g/mol. The molecule has 90 valence electrons. The van der Waals surface area contributed by atoms with Crippen molar-refractivity contribution in [3.05, 3.63) is 11.8 Å². The summed E-state index contributed by atoms with van der Waals surface area (Å²) in [6, 6.07) is 1.94. The molecule has 3 N–H and O–H groups in total. The van der Waals surface area contributed by atoms with Crippen LogP contribution in [0.2, 0.25) is 0 Å². The van der Waals surface area contributed by atoms with Gasteiger partial charge in [0, 0.05) is 22.6 Å². The number of nitrogens with two attached hydrogens (primary N) is 1. The van der Waals surface area contributed by atoms with Gasteiger partial charge < -0.3 is 5.73 Å². The van der Waals surface area contributed by atoms with Crippen LogP contribution in [0.3, 0.4) is 0 Å². The average Bonchev–Trinajstić information content (AvgIpc) is 2.49. The van der Waals surface area contributed by atoms with E-state index < -0.39 is 0 Å². The molecule has 1 rings (SSSR count).